The van der Waals surface area contributed by atoms with Gasteiger partial charge in [-0.1, -0.05) is 15.9 Å². The van der Waals surface area contributed by atoms with Crippen LogP contribution in [0.15, 0.2) is 40.0 Å². The zero-order valence-electron chi connectivity index (χ0n) is 11.7. The van der Waals surface area contributed by atoms with E-state index in [1.807, 2.05) is 0 Å². The molecule has 122 valence electrons. The molecule has 23 heavy (non-hydrogen) atoms. The third kappa shape index (κ3) is 4.35. The first-order valence-electron chi connectivity index (χ1n) is 6.20. The minimum Gasteiger partial charge on any atom is -0.504 e. The highest BCUT2D eigenvalue weighted by molar-refractivity contribution is 9.10. The second kappa shape index (κ2) is 6.86. The van der Waals surface area contributed by atoms with E-state index in [-0.39, 0.29) is 17.3 Å². The van der Waals surface area contributed by atoms with Gasteiger partial charge in [0.2, 0.25) is 0 Å². The Kier molecular flexibility index (Phi) is 5.09. The minimum absolute atomic E-state index is 0.110. The fraction of sp³-hybridized carbons (Fsp3) is 0.143. The maximum absolute atomic E-state index is 12.4. The SMILES string of the molecule is COc1cc(Br)cc(/C=N\Nc2ccc(C(F)(F)F)cn2)c1O. The second-order valence-corrected chi connectivity index (χ2v) is 5.26. The number of alkyl halides is 3. The molecule has 0 aliphatic heterocycles. The van der Waals surface area contributed by atoms with Crippen LogP contribution in [0.3, 0.4) is 0 Å². The second-order valence-electron chi connectivity index (χ2n) is 4.35. The third-order valence-corrected chi connectivity index (χ3v) is 3.22. The number of hydrogen-bond acceptors (Lipinski definition) is 5. The first-order chi connectivity index (χ1) is 10.8. The van der Waals surface area contributed by atoms with Crippen molar-refractivity contribution in [2.75, 3.05) is 12.5 Å². The van der Waals surface area contributed by atoms with Crippen molar-refractivity contribution in [2.45, 2.75) is 6.18 Å². The van der Waals surface area contributed by atoms with Crippen molar-refractivity contribution in [3.8, 4) is 11.5 Å². The van der Waals surface area contributed by atoms with Crippen molar-refractivity contribution >= 4 is 28.0 Å². The van der Waals surface area contributed by atoms with E-state index in [1.54, 1.807) is 12.1 Å². The molecule has 1 aromatic carbocycles. The third-order valence-electron chi connectivity index (χ3n) is 2.76. The van der Waals surface area contributed by atoms with Crippen LogP contribution >= 0.6 is 15.9 Å². The van der Waals surface area contributed by atoms with Gasteiger partial charge in [-0.3, -0.25) is 5.43 Å². The topological polar surface area (TPSA) is 66.7 Å². The molecule has 0 bridgehead atoms. The van der Waals surface area contributed by atoms with Crippen LogP contribution in [0.25, 0.3) is 0 Å². The lowest BCUT2D eigenvalue weighted by Gasteiger charge is -2.07. The molecule has 2 aromatic rings. The number of nitrogens with zero attached hydrogens (tertiary/aromatic N) is 2. The molecular formula is C14H11BrF3N3O2. The van der Waals surface area contributed by atoms with Gasteiger partial charge in [0.05, 0.1) is 18.9 Å². The summed E-state index contributed by atoms with van der Waals surface area (Å²) in [5, 5.41) is 13.8. The van der Waals surface area contributed by atoms with Crippen molar-refractivity contribution < 1.29 is 23.0 Å². The summed E-state index contributed by atoms with van der Waals surface area (Å²) in [5.41, 5.74) is 1.99. The molecule has 9 heteroatoms. The van der Waals surface area contributed by atoms with E-state index in [2.05, 4.69) is 31.4 Å². The number of methoxy groups -OCH3 is 1. The van der Waals surface area contributed by atoms with Gasteiger partial charge in [0.1, 0.15) is 5.82 Å². The maximum Gasteiger partial charge on any atom is 0.417 e. The predicted octanol–water partition coefficient (Wildman–Crippen LogP) is 4.02. The number of phenolic OH excluding ortho intramolecular Hbond substituents is 1. The van der Waals surface area contributed by atoms with Gasteiger partial charge in [0, 0.05) is 16.2 Å². The fourth-order valence-corrected chi connectivity index (χ4v) is 2.10. The lowest BCUT2D eigenvalue weighted by atomic mass is 10.2. The molecule has 0 atom stereocenters. The summed E-state index contributed by atoms with van der Waals surface area (Å²) in [7, 11) is 1.41. The monoisotopic (exact) mass is 389 g/mol. The van der Waals surface area contributed by atoms with Crippen molar-refractivity contribution in [3.63, 3.8) is 0 Å². The van der Waals surface area contributed by atoms with Crippen LogP contribution in [0, 0.1) is 0 Å². The highest BCUT2D eigenvalue weighted by Crippen LogP contribution is 2.32. The Morgan fingerprint density at radius 1 is 1.35 bits per heavy atom. The number of hydrogen-bond donors (Lipinski definition) is 2. The Bertz CT molecular complexity index is 718. The zero-order chi connectivity index (χ0) is 17.0. The number of nitrogens with one attached hydrogen (secondary N) is 1. The summed E-state index contributed by atoms with van der Waals surface area (Å²) in [6, 6.07) is 5.23. The van der Waals surface area contributed by atoms with Gasteiger partial charge >= 0.3 is 6.18 Å². The molecule has 1 heterocycles. The number of phenols is 1. The van der Waals surface area contributed by atoms with Crippen LogP contribution in [-0.2, 0) is 6.18 Å². The molecule has 0 fully saturated rings. The molecule has 0 saturated carbocycles. The Labute approximate surface area is 137 Å². The van der Waals surface area contributed by atoms with Crippen LogP contribution < -0.4 is 10.2 Å². The van der Waals surface area contributed by atoms with E-state index in [4.69, 9.17) is 4.74 Å². The van der Waals surface area contributed by atoms with Crippen molar-refractivity contribution in [3.05, 3.63) is 46.1 Å². The zero-order valence-corrected chi connectivity index (χ0v) is 13.3. The largest absolute Gasteiger partial charge is 0.504 e. The number of benzene rings is 1. The van der Waals surface area contributed by atoms with Crippen LogP contribution in [-0.4, -0.2) is 23.4 Å². The van der Waals surface area contributed by atoms with Gasteiger partial charge in [-0.2, -0.15) is 18.3 Å². The molecule has 0 spiro atoms. The summed E-state index contributed by atoms with van der Waals surface area (Å²) >= 11 is 3.26. The highest BCUT2D eigenvalue weighted by atomic mass is 79.9. The fourth-order valence-electron chi connectivity index (χ4n) is 1.64. The highest BCUT2D eigenvalue weighted by Gasteiger charge is 2.30. The van der Waals surface area contributed by atoms with E-state index >= 15 is 0 Å². The molecule has 0 aliphatic carbocycles. The van der Waals surface area contributed by atoms with E-state index in [0.29, 0.717) is 16.2 Å². The Morgan fingerprint density at radius 2 is 2.09 bits per heavy atom. The number of halogens is 4. The van der Waals surface area contributed by atoms with Crippen molar-refractivity contribution in [1.29, 1.82) is 0 Å². The molecule has 0 amide bonds. The van der Waals surface area contributed by atoms with Gasteiger partial charge < -0.3 is 9.84 Å². The molecule has 0 unspecified atom stereocenters. The van der Waals surface area contributed by atoms with E-state index < -0.39 is 11.7 Å². The number of hydrazone groups is 1. The number of anilines is 1. The summed E-state index contributed by atoms with van der Waals surface area (Å²) in [6.07, 6.45) is -2.44. The molecule has 0 aliphatic rings. The van der Waals surface area contributed by atoms with Gasteiger partial charge in [0.25, 0.3) is 0 Å². The molecule has 2 rings (SSSR count). The van der Waals surface area contributed by atoms with Gasteiger partial charge in [0.15, 0.2) is 11.5 Å². The van der Waals surface area contributed by atoms with Crippen LogP contribution in [0.1, 0.15) is 11.1 Å². The quantitative estimate of drug-likeness (QED) is 0.612. The summed E-state index contributed by atoms with van der Waals surface area (Å²) < 4.78 is 42.9. The first kappa shape index (κ1) is 17.1. The van der Waals surface area contributed by atoms with Crippen LogP contribution in [0.5, 0.6) is 11.5 Å². The van der Waals surface area contributed by atoms with E-state index in [1.165, 1.54) is 13.3 Å². The average Bonchev–Trinajstić information content (AvgIpc) is 2.50. The number of ether oxygens (including phenoxy) is 1. The number of aromatic hydroxyl groups is 1. The Balaban J connectivity index is 2.12. The normalized spacial score (nSPS) is 11.7. The molecule has 0 saturated heterocycles. The number of rotatable bonds is 4. The van der Waals surface area contributed by atoms with Gasteiger partial charge in [-0.15, -0.1) is 0 Å². The average molecular weight is 390 g/mol. The lowest BCUT2D eigenvalue weighted by molar-refractivity contribution is -0.137. The van der Waals surface area contributed by atoms with Crippen LogP contribution in [0.4, 0.5) is 19.0 Å². The summed E-state index contributed by atoms with van der Waals surface area (Å²) in [4.78, 5) is 3.61. The lowest BCUT2D eigenvalue weighted by Crippen LogP contribution is -2.05. The molecule has 5 nitrogen and oxygen atoms in total. The van der Waals surface area contributed by atoms with E-state index in [0.717, 1.165) is 12.1 Å². The number of pyridine rings is 1. The maximum atomic E-state index is 12.4. The predicted molar refractivity (Wildman–Crippen MR) is 82.8 cm³/mol. The smallest absolute Gasteiger partial charge is 0.417 e. The molecule has 0 radical (unpaired) electrons. The standard InChI is InChI=1S/C14H11BrF3N3O2/c1-23-11-5-10(15)4-8(13(11)22)6-20-21-12-3-2-9(7-19-12)14(16,17)18/h2-7,22H,1H3,(H,19,21)/b20-6-. The Hall–Kier alpha value is -2.29. The Morgan fingerprint density at radius 3 is 2.65 bits per heavy atom. The van der Waals surface area contributed by atoms with Crippen molar-refractivity contribution in [1.82, 2.24) is 4.98 Å². The van der Waals surface area contributed by atoms with E-state index in [9.17, 15) is 18.3 Å². The molecular weight excluding hydrogens is 379 g/mol. The van der Waals surface area contributed by atoms with Gasteiger partial charge in [-0.25, -0.2) is 4.98 Å². The minimum atomic E-state index is -4.44. The molecule has 2 N–H and O–H groups in total. The van der Waals surface area contributed by atoms with Gasteiger partial charge in [-0.05, 0) is 24.3 Å². The molecule has 1 aromatic heterocycles. The first-order valence-corrected chi connectivity index (χ1v) is 6.99. The summed E-state index contributed by atoms with van der Waals surface area (Å²) in [6.45, 7) is 0. The van der Waals surface area contributed by atoms with Crippen molar-refractivity contribution in [2.24, 2.45) is 5.10 Å². The van der Waals surface area contributed by atoms with Crippen LogP contribution in [0.2, 0.25) is 0 Å². The number of aromatic nitrogens is 1. The summed E-state index contributed by atoms with van der Waals surface area (Å²) in [5.74, 6) is 0.283.